The molecule has 0 aliphatic heterocycles. The maximum atomic E-state index is 12.2. The van der Waals surface area contributed by atoms with Crippen LogP contribution in [0.1, 0.15) is 29.0 Å². The molecule has 0 fully saturated rings. The highest BCUT2D eigenvalue weighted by Crippen LogP contribution is 2.17. The fourth-order valence-corrected chi connectivity index (χ4v) is 2.46. The van der Waals surface area contributed by atoms with Crippen LogP contribution in [0.15, 0.2) is 41.7 Å². The van der Waals surface area contributed by atoms with Crippen LogP contribution in [-0.2, 0) is 9.84 Å². The molecule has 1 atom stereocenters. The molecule has 0 radical (unpaired) electrons. The first-order valence-electron chi connectivity index (χ1n) is 6.37. The van der Waals surface area contributed by atoms with Crippen molar-refractivity contribution in [3.05, 3.63) is 52.8 Å². The van der Waals surface area contributed by atoms with E-state index in [1.807, 2.05) is 30.3 Å². The largest absolute Gasteiger partial charge is 0.344 e. The Morgan fingerprint density at radius 3 is 2.50 bits per heavy atom. The van der Waals surface area contributed by atoms with Crippen LogP contribution in [0.3, 0.4) is 0 Å². The van der Waals surface area contributed by atoms with Gasteiger partial charge in [0.05, 0.1) is 17.3 Å². The van der Waals surface area contributed by atoms with Crippen molar-refractivity contribution in [2.75, 3.05) is 6.26 Å². The van der Waals surface area contributed by atoms with Crippen LogP contribution in [0.2, 0.25) is 5.02 Å². The summed E-state index contributed by atoms with van der Waals surface area (Å²) >= 11 is 5.89. The number of carbonyl (C=O) groups is 1. The molecule has 2 aromatic rings. The Morgan fingerprint density at radius 1 is 1.27 bits per heavy atom. The topological polar surface area (TPSA) is 89.0 Å². The van der Waals surface area contributed by atoms with Crippen molar-refractivity contribution in [2.45, 2.75) is 18.1 Å². The minimum atomic E-state index is -3.62. The number of nitrogens with one attached hydrogen (secondary N) is 1. The summed E-state index contributed by atoms with van der Waals surface area (Å²) in [6, 6.07) is 9.05. The van der Waals surface area contributed by atoms with Crippen molar-refractivity contribution in [3.8, 4) is 0 Å². The molecule has 1 aromatic carbocycles. The molecule has 1 amide bonds. The molecule has 2 rings (SSSR count). The highest BCUT2D eigenvalue weighted by molar-refractivity contribution is 7.90. The maximum absolute atomic E-state index is 12.2. The van der Waals surface area contributed by atoms with E-state index in [1.54, 1.807) is 6.92 Å². The smallest absolute Gasteiger partial charge is 0.272 e. The van der Waals surface area contributed by atoms with E-state index in [4.69, 9.17) is 11.6 Å². The zero-order valence-corrected chi connectivity index (χ0v) is 13.5. The van der Waals surface area contributed by atoms with Gasteiger partial charge >= 0.3 is 0 Å². The van der Waals surface area contributed by atoms with Crippen molar-refractivity contribution in [3.63, 3.8) is 0 Å². The van der Waals surface area contributed by atoms with E-state index in [9.17, 15) is 13.2 Å². The molecule has 8 heteroatoms. The molecule has 116 valence electrons. The number of rotatable bonds is 4. The first-order chi connectivity index (χ1) is 10.3. The average Bonchev–Trinajstić information content (AvgIpc) is 2.47. The minimum Gasteiger partial charge on any atom is -0.344 e. The van der Waals surface area contributed by atoms with Gasteiger partial charge in [0.25, 0.3) is 5.91 Å². The third kappa shape index (κ3) is 3.80. The normalized spacial score (nSPS) is 12.7. The second-order valence-electron chi connectivity index (χ2n) is 4.73. The van der Waals surface area contributed by atoms with E-state index in [1.165, 1.54) is 0 Å². The van der Waals surface area contributed by atoms with Crippen molar-refractivity contribution in [1.82, 2.24) is 15.3 Å². The van der Waals surface area contributed by atoms with Crippen LogP contribution < -0.4 is 5.32 Å². The minimum absolute atomic E-state index is 0.00911. The van der Waals surface area contributed by atoms with Gasteiger partial charge in [-0.2, -0.15) is 0 Å². The van der Waals surface area contributed by atoms with Crippen LogP contribution in [0, 0.1) is 0 Å². The van der Waals surface area contributed by atoms with Crippen LogP contribution >= 0.6 is 11.6 Å². The quantitative estimate of drug-likeness (QED) is 0.861. The van der Waals surface area contributed by atoms with Gasteiger partial charge in [-0.05, 0) is 12.5 Å². The van der Waals surface area contributed by atoms with Gasteiger partial charge in [0.2, 0.25) is 15.0 Å². The molecular formula is C14H14ClN3O3S. The number of sulfone groups is 1. The Labute approximate surface area is 133 Å². The lowest BCUT2D eigenvalue weighted by atomic mass is 10.1. The first kappa shape index (κ1) is 16.4. The first-order valence-corrected chi connectivity index (χ1v) is 8.64. The Bertz CT molecular complexity index is 794. The molecule has 1 heterocycles. The molecule has 1 aromatic heterocycles. The third-order valence-electron chi connectivity index (χ3n) is 2.92. The number of halogens is 1. The summed E-state index contributed by atoms with van der Waals surface area (Å²) in [6.07, 6.45) is 2.07. The van der Waals surface area contributed by atoms with Gasteiger partial charge in [-0.25, -0.2) is 18.4 Å². The summed E-state index contributed by atoms with van der Waals surface area (Å²) < 4.78 is 22.9. The van der Waals surface area contributed by atoms with Gasteiger partial charge in [-0.3, -0.25) is 4.79 Å². The lowest BCUT2D eigenvalue weighted by Gasteiger charge is -2.14. The highest BCUT2D eigenvalue weighted by atomic mass is 35.5. The molecule has 6 nitrogen and oxygen atoms in total. The Hall–Kier alpha value is -1.99. The SMILES string of the molecule is CC(NC(=O)c1nc(S(C)(=O)=O)ncc1Cl)c1ccccc1. The van der Waals surface area contributed by atoms with Crippen LogP contribution in [0.4, 0.5) is 0 Å². The van der Waals surface area contributed by atoms with E-state index < -0.39 is 20.9 Å². The zero-order chi connectivity index (χ0) is 16.3. The second-order valence-corrected chi connectivity index (χ2v) is 7.04. The van der Waals surface area contributed by atoms with Crippen molar-refractivity contribution in [1.29, 1.82) is 0 Å². The Balaban J connectivity index is 2.26. The summed E-state index contributed by atoms with van der Waals surface area (Å²) in [5.41, 5.74) is 0.740. The summed E-state index contributed by atoms with van der Waals surface area (Å²) in [7, 11) is -3.62. The number of aromatic nitrogens is 2. The summed E-state index contributed by atoms with van der Waals surface area (Å²) in [5, 5.41) is 2.28. The van der Waals surface area contributed by atoms with Gasteiger partial charge in [-0.1, -0.05) is 41.9 Å². The molecule has 0 saturated carbocycles. The number of hydrogen-bond donors (Lipinski definition) is 1. The van der Waals surface area contributed by atoms with E-state index in [-0.39, 0.29) is 16.8 Å². The molecule has 1 N–H and O–H groups in total. The average molecular weight is 340 g/mol. The van der Waals surface area contributed by atoms with Crippen LogP contribution in [0.5, 0.6) is 0 Å². The van der Waals surface area contributed by atoms with Crippen molar-refractivity contribution < 1.29 is 13.2 Å². The molecule has 0 spiro atoms. The highest BCUT2D eigenvalue weighted by Gasteiger charge is 2.20. The van der Waals surface area contributed by atoms with Crippen LogP contribution in [-0.4, -0.2) is 30.5 Å². The van der Waals surface area contributed by atoms with Gasteiger partial charge < -0.3 is 5.32 Å². The maximum Gasteiger partial charge on any atom is 0.272 e. The van der Waals surface area contributed by atoms with E-state index >= 15 is 0 Å². The zero-order valence-electron chi connectivity index (χ0n) is 11.9. The van der Waals surface area contributed by atoms with Gasteiger partial charge in [0.15, 0.2) is 5.69 Å². The monoisotopic (exact) mass is 339 g/mol. The molecule has 22 heavy (non-hydrogen) atoms. The van der Waals surface area contributed by atoms with E-state index in [0.29, 0.717) is 0 Å². The standard InChI is InChI=1S/C14H14ClN3O3S/c1-9(10-6-4-3-5-7-10)17-13(19)12-11(15)8-16-14(18-12)22(2,20)21/h3-9H,1-2H3,(H,17,19). The van der Waals surface area contributed by atoms with E-state index in [2.05, 4.69) is 15.3 Å². The summed E-state index contributed by atoms with van der Waals surface area (Å²) in [6.45, 7) is 1.81. The predicted octanol–water partition coefficient (Wildman–Crippen LogP) is 2.02. The second kappa shape index (κ2) is 6.41. The van der Waals surface area contributed by atoms with Gasteiger partial charge in [0, 0.05) is 6.26 Å². The Kier molecular flexibility index (Phi) is 4.77. The number of hydrogen-bond acceptors (Lipinski definition) is 5. The summed E-state index contributed by atoms with van der Waals surface area (Å²) in [4.78, 5) is 19.6. The molecule has 1 unspecified atom stereocenters. The number of benzene rings is 1. The van der Waals surface area contributed by atoms with E-state index in [0.717, 1.165) is 18.0 Å². The van der Waals surface area contributed by atoms with Crippen molar-refractivity contribution >= 4 is 27.3 Å². The summed E-state index contributed by atoms with van der Waals surface area (Å²) in [5.74, 6) is -0.561. The number of carbonyl (C=O) groups excluding carboxylic acids is 1. The lowest BCUT2D eigenvalue weighted by Crippen LogP contribution is -2.28. The third-order valence-corrected chi connectivity index (χ3v) is 4.05. The Morgan fingerprint density at radius 2 is 1.91 bits per heavy atom. The molecular weight excluding hydrogens is 326 g/mol. The fraction of sp³-hybridized carbons (Fsp3) is 0.214. The molecule has 0 saturated heterocycles. The molecule has 0 aliphatic rings. The molecule has 0 aliphatic carbocycles. The number of nitrogens with zero attached hydrogens (tertiary/aromatic N) is 2. The van der Waals surface area contributed by atoms with Crippen LogP contribution in [0.25, 0.3) is 0 Å². The van der Waals surface area contributed by atoms with Gasteiger partial charge in [-0.15, -0.1) is 0 Å². The lowest BCUT2D eigenvalue weighted by molar-refractivity contribution is 0.0934. The molecule has 0 bridgehead atoms. The van der Waals surface area contributed by atoms with Crippen molar-refractivity contribution in [2.24, 2.45) is 0 Å². The van der Waals surface area contributed by atoms with Gasteiger partial charge in [0.1, 0.15) is 0 Å². The number of amides is 1. The predicted molar refractivity (Wildman–Crippen MR) is 82.5 cm³/mol. The fourth-order valence-electron chi connectivity index (χ4n) is 1.78.